The number of benzene rings is 2. The van der Waals surface area contributed by atoms with Crippen LogP contribution in [0, 0.1) is 0 Å². The Bertz CT molecular complexity index is 497. The first-order valence-corrected chi connectivity index (χ1v) is 7.82. The molecule has 0 spiro atoms. The fourth-order valence-corrected chi connectivity index (χ4v) is 2.36. The van der Waals surface area contributed by atoms with E-state index < -0.39 is 0 Å². The van der Waals surface area contributed by atoms with Crippen LogP contribution in [-0.2, 0) is 4.84 Å². The Morgan fingerprint density at radius 2 is 1.48 bits per heavy atom. The molecule has 0 amide bonds. The van der Waals surface area contributed by atoms with Crippen molar-refractivity contribution in [3.8, 4) is 0 Å². The van der Waals surface area contributed by atoms with Crippen LogP contribution in [0.1, 0.15) is 56.4 Å². The first kappa shape index (κ1) is 15.7. The van der Waals surface area contributed by atoms with E-state index >= 15 is 0 Å². The smallest absolute Gasteiger partial charge is 0.101 e. The zero-order chi connectivity index (χ0) is 14.9. The Morgan fingerprint density at radius 1 is 0.905 bits per heavy atom. The summed E-state index contributed by atoms with van der Waals surface area (Å²) in [5.41, 5.74) is 5.74. The molecule has 2 atom stereocenters. The third-order valence-electron chi connectivity index (χ3n) is 3.70. The molecule has 0 radical (unpaired) electrons. The summed E-state index contributed by atoms with van der Waals surface area (Å²) in [5, 5.41) is 0. The summed E-state index contributed by atoms with van der Waals surface area (Å²) in [6.45, 7) is 4.29. The fraction of sp³-hybridized carbons (Fsp3) is 0.368. The minimum atomic E-state index is 0.0408. The van der Waals surface area contributed by atoms with Gasteiger partial charge in [0.2, 0.25) is 0 Å². The van der Waals surface area contributed by atoms with Gasteiger partial charge in [-0.15, -0.1) is 0 Å². The van der Waals surface area contributed by atoms with Gasteiger partial charge in [0.1, 0.15) is 6.10 Å². The van der Waals surface area contributed by atoms with Crippen molar-refractivity contribution >= 4 is 0 Å². The van der Waals surface area contributed by atoms with Crippen molar-refractivity contribution in [1.82, 2.24) is 5.48 Å². The van der Waals surface area contributed by atoms with Crippen molar-refractivity contribution in [2.45, 2.75) is 45.3 Å². The molecule has 0 saturated carbocycles. The van der Waals surface area contributed by atoms with Crippen LogP contribution in [0.3, 0.4) is 0 Å². The average Bonchev–Trinajstić information content (AvgIpc) is 2.56. The van der Waals surface area contributed by atoms with Gasteiger partial charge in [-0.2, -0.15) is 5.48 Å². The van der Waals surface area contributed by atoms with Crippen LogP contribution in [0.5, 0.6) is 0 Å². The molecule has 2 heteroatoms. The molecule has 0 heterocycles. The molecular weight excluding hydrogens is 258 g/mol. The Balaban J connectivity index is 1.96. The Kier molecular flexibility index (Phi) is 6.45. The lowest BCUT2D eigenvalue weighted by Crippen LogP contribution is -2.23. The molecule has 0 bridgehead atoms. The molecule has 0 aliphatic carbocycles. The Labute approximate surface area is 128 Å². The Morgan fingerprint density at radius 3 is 2.05 bits per heavy atom. The van der Waals surface area contributed by atoms with E-state index in [1.807, 2.05) is 24.3 Å². The molecule has 0 saturated heterocycles. The van der Waals surface area contributed by atoms with Crippen LogP contribution in [0.4, 0.5) is 0 Å². The van der Waals surface area contributed by atoms with Gasteiger partial charge in [-0.25, -0.2) is 0 Å². The number of hydroxylamine groups is 1. The van der Waals surface area contributed by atoms with Gasteiger partial charge in [-0.3, -0.25) is 4.84 Å². The van der Waals surface area contributed by atoms with Crippen LogP contribution in [-0.4, -0.2) is 0 Å². The van der Waals surface area contributed by atoms with Gasteiger partial charge in [0, 0.05) is 0 Å². The molecule has 2 nitrogen and oxygen atoms in total. The van der Waals surface area contributed by atoms with Crippen molar-refractivity contribution in [2.24, 2.45) is 0 Å². The largest absolute Gasteiger partial charge is 0.293 e. The highest BCUT2D eigenvalue weighted by Crippen LogP contribution is 2.22. The van der Waals surface area contributed by atoms with Crippen molar-refractivity contribution in [1.29, 1.82) is 0 Å². The molecule has 1 N–H and O–H groups in total. The molecule has 0 aliphatic rings. The Hall–Kier alpha value is -1.64. The predicted molar refractivity (Wildman–Crippen MR) is 87.8 cm³/mol. The lowest BCUT2D eigenvalue weighted by Gasteiger charge is -2.22. The van der Waals surface area contributed by atoms with Gasteiger partial charge in [0.05, 0.1) is 6.04 Å². The molecule has 0 aromatic heterocycles. The quantitative estimate of drug-likeness (QED) is 0.672. The van der Waals surface area contributed by atoms with E-state index in [9.17, 15) is 0 Å². The van der Waals surface area contributed by atoms with E-state index in [0.717, 1.165) is 6.42 Å². The number of nitrogens with one attached hydrogen (secondary N) is 1. The maximum Gasteiger partial charge on any atom is 0.101 e. The van der Waals surface area contributed by atoms with E-state index in [-0.39, 0.29) is 12.1 Å². The second-order valence-corrected chi connectivity index (χ2v) is 5.39. The number of unbranched alkanes of at least 4 members (excludes halogenated alkanes) is 1. The summed E-state index contributed by atoms with van der Waals surface area (Å²) in [7, 11) is 0. The van der Waals surface area contributed by atoms with E-state index in [1.54, 1.807) is 0 Å². The van der Waals surface area contributed by atoms with Gasteiger partial charge in [-0.05, 0) is 24.5 Å². The highest BCUT2D eigenvalue weighted by Gasteiger charge is 2.13. The molecule has 2 rings (SSSR count). The predicted octanol–water partition coefficient (Wildman–Crippen LogP) is 5.20. The zero-order valence-corrected chi connectivity index (χ0v) is 13.0. The van der Waals surface area contributed by atoms with Gasteiger partial charge < -0.3 is 0 Å². The molecule has 21 heavy (non-hydrogen) atoms. The third-order valence-corrected chi connectivity index (χ3v) is 3.70. The van der Waals surface area contributed by atoms with Gasteiger partial charge in [-0.1, -0.05) is 80.4 Å². The summed E-state index contributed by atoms with van der Waals surface area (Å²) in [5.74, 6) is 0. The lowest BCUT2D eigenvalue weighted by atomic mass is 10.0. The highest BCUT2D eigenvalue weighted by molar-refractivity contribution is 5.19. The SMILES string of the molecule is CCCC[C@@H](NO[C@H](C)c1ccccc1)c1ccccc1. The van der Waals surface area contributed by atoms with Gasteiger partial charge >= 0.3 is 0 Å². The standard InChI is InChI=1S/C19H25NO/c1-3-4-15-19(18-13-9-6-10-14-18)20-21-16(2)17-11-7-5-8-12-17/h5-14,16,19-20H,3-4,15H2,1-2H3/t16-,19-/m1/s1. The van der Waals surface area contributed by atoms with Crippen LogP contribution in [0.2, 0.25) is 0 Å². The van der Waals surface area contributed by atoms with Gasteiger partial charge in [0.15, 0.2) is 0 Å². The van der Waals surface area contributed by atoms with E-state index in [2.05, 4.69) is 55.7 Å². The van der Waals surface area contributed by atoms with Crippen LogP contribution in [0.25, 0.3) is 0 Å². The zero-order valence-electron chi connectivity index (χ0n) is 13.0. The number of hydrogen-bond acceptors (Lipinski definition) is 2. The molecule has 2 aromatic carbocycles. The van der Waals surface area contributed by atoms with Crippen molar-refractivity contribution in [3.63, 3.8) is 0 Å². The summed E-state index contributed by atoms with van der Waals surface area (Å²) in [4.78, 5) is 5.89. The van der Waals surface area contributed by atoms with Gasteiger partial charge in [0.25, 0.3) is 0 Å². The summed E-state index contributed by atoms with van der Waals surface area (Å²) < 4.78 is 0. The topological polar surface area (TPSA) is 21.3 Å². The first-order chi connectivity index (χ1) is 10.3. The monoisotopic (exact) mass is 283 g/mol. The van der Waals surface area contributed by atoms with E-state index in [4.69, 9.17) is 4.84 Å². The molecular formula is C19H25NO. The lowest BCUT2D eigenvalue weighted by molar-refractivity contribution is -0.0393. The van der Waals surface area contributed by atoms with E-state index in [0.29, 0.717) is 0 Å². The molecule has 112 valence electrons. The number of hydrogen-bond donors (Lipinski definition) is 1. The highest BCUT2D eigenvalue weighted by atomic mass is 16.7. The van der Waals surface area contributed by atoms with Crippen LogP contribution in [0.15, 0.2) is 60.7 Å². The van der Waals surface area contributed by atoms with Crippen LogP contribution < -0.4 is 5.48 Å². The van der Waals surface area contributed by atoms with Crippen molar-refractivity contribution in [2.75, 3.05) is 0 Å². The summed E-state index contributed by atoms with van der Waals surface area (Å²) in [6, 6.07) is 21.1. The molecule has 0 unspecified atom stereocenters. The van der Waals surface area contributed by atoms with Crippen LogP contribution >= 0.6 is 0 Å². The first-order valence-electron chi connectivity index (χ1n) is 7.82. The maximum absolute atomic E-state index is 5.89. The summed E-state index contributed by atoms with van der Waals surface area (Å²) >= 11 is 0. The molecule has 0 fully saturated rings. The van der Waals surface area contributed by atoms with Crippen molar-refractivity contribution in [3.05, 3.63) is 71.8 Å². The van der Waals surface area contributed by atoms with E-state index in [1.165, 1.54) is 24.0 Å². The molecule has 0 aliphatic heterocycles. The second kappa shape index (κ2) is 8.60. The minimum absolute atomic E-state index is 0.0408. The fourth-order valence-electron chi connectivity index (χ4n) is 2.36. The average molecular weight is 283 g/mol. The molecule has 2 aromatic rings. The second-order valence-electron chi connectivity index (χ2n) is 5.39. The minimum Gasteiger partial charge on any atom is -0.293 e. The normalized spacial score (nSPS) is 13.8. The third kappa shape index (κ3) is 5.00. The summed E-state index contributed by atoms with van der Waals surface area (Å²) in [6.07, 6.45) is 3.51. The van der Waals surface area contributed by atoms with Crippen molar-refractivity contribution < 1.29 is 4.84 Å². The maximum atomic E-state index is 5.89. The number of rotatable bonds is 8.